The second kappa shape index (κ2) is 8.77. The van der Waals surface area contributed by atoms with E-state index in [9.17, 15) is 0 Å². The van der Waals surface area contributed by atoms with Crippen molar-refractivity contribution in [2.24, 2.45) is 0 Å². The van der Waals surface area contributed by atoms with Gasteiger partial charge in [0, 0.05) is 29.6 Å². The fourth-order valence-corrected chi connectivity index (χ4v) is 4.44. The summed E-state index contributed by atoms with van der Waals surface area (Å²) in [6.45, 7) is 1.49. The molecule has 0 unspecified atom stereocenters. The normalized spacial score (nSPS) is 16.2. The highest BCUT2D eigenvalue weighted by Crippen LogP contribution is 2.43. The van der Waals surface area contributed by atoms with E-state index in [1.165, 1.54) is 16.7 Å². The number of nitrogens with zero attached hydrogens (tertiary/aromatic N) is 2. The Kier molecular flexibility index (Phi) is 5.68. The fraction of sp³-hybridized carbons (Fsp3) is 0.296. The van der Waals surface area contributed by atoms with Gasteiger partial charge in [0.15, 0.2) is 0 Å². The Morgan fingerprint density at radius 1 is 1.03 bits per heavy atom. The summed E-state index contributed by atoms with van der Waals surface area (Å²) in [5, 5.41) is 8.09. The maximum Gasteiger partial charge on any atom is 0.118 e. The van der Waals surface area contributed by atoms with Crippen LogP contribution in [0, 0.1) is 0 Å². The average molecular weight is 427 g/mol. The van der Waals surface area contributed by atoms with Crippen LogP contribution in [0.25, 0.3) is 11.8 Å². The van der Waals surface area contributed by atoms with Crippen LogP contribution in [0.1, 0.15) is 40.9 Å². The zero-order valence-corrected chi connectivity index (χ0v) is 18.8. The molecule has 5 nitrogen and oxygen atoms in total. The third-order valence-corrected chi connectivity index (χ3v) is 6.36. The first-order valence-electron chi connectivity index (χ1n) is 11.3. The van der Waals surface area contributed by atoms with Gasteiger partial charge in [0.2, 0.25) is 0 Å². The molecule has 3 aromatic rings. The molecule has 5 rings (SSSR count). The minimum Gasteiger partial charge on any atom is -0.307 e. The Bertz CT molecular complexity index is 1080. The zero-order chi connectivity index (χ0) is 22.0. The van der Waals surface area contributed by atoms with Crippen molar-refractivity contribution in [3.8, 4) is 0 Å². The number of aromatic nitrogens is 2. The van der Waals surface area contributed by atoms with Crippen LogP contribution in [-0.2, 0) is 16.7 Å². The van der Waals surface area contributed by atoms with Crippen molar-refractivity contribution in [2.45, 2.75) is 24.7 Å². The van der Waals surface area contributed by atoms with Crippen molar-refractivity contribution >= 4 is 11.8 Å². The Labute approximate surface area is 189 Å². The molecular formula is C27H30N4O. The van der Waals surface area contributed by atoms with E-state index in [0.717, 1.165) is 48.5 Å². The second-order valence-electron chi connectivity index (χ2n) is 8.91. The van der Waals surface area contributed by atoms with Crippen molar-refractivity contribution in [1.29, 1.82) is 0 Å². The molecule has 2 N–H and O–H groups in total. The predicted molar refractivity (Wildman–Crippen MR) is 129 cm³/mol. The Hall–Kier alpha value is -3.15. The Morgan fingerprint density at radius 2 is 1.69 bits per heavy atom. The van der Waals surface area contributed by atoms with Gasteiger partial charge in [0.25, 0.3) is 0 Å². The van der Waals surface area contributed by atoms with Gasteiger partial charge in [-0.05, 0) is 43.6 Å². The summed E-state index contributed by atoms with van der Waals surface area (Å²) in [6.07, 6.45) is 7.62. The molecule has 5 heteroatoms. The number of hydrogen-bond acceptors (Lipinski definition) is 4. The highest BCUT2D eigenvalue weighted by atomic mass is 16.6. The average Bonchev–Trinajstić information content (AvgIpc) is 3.59. The first kappa shape index (κ1) is 20.7. The molecule has 2 aliphatic rings. The van der Waals surface area contributed by atoms with Crippen LogP contribution >= 0.6 is 0 Å². The van der Waals surface area contributed by atoms with Gasteiger partial charge in [0.05, 0.1) is 12.3 Å². The van der Waals surface area contributed by atoms with Crippen molar-refractivity contribution in [1.82, 2.24) is 20.6 Å². The molecule has 1 saturated carbocycles. The molecule has 0 saturated heterocycles. The van der Waals surface area contributed by atoms with E-state index in [0.29, 0.717) is 6.61 Å². The lowest BCUT2D eigenvalue weighted by atomic mass is 9.68. The van der Waals surface area contributed by atoms with E-state index >= 15 is 0 Å². The molecular weight excluding hydrogens is 396 g/mol. The van der Waals surface area contributed by atoms with Crippen LogP contribution < -0.4 is 5.48 Å². The van der Waals surface area contributed by atoms with E-state index in [1.54, 1.807) is 0 Å². The minimum absolute atomic E-state index is 0.220. The molecule has 1 aromatic heterocycles. The zero-order valence-electron chi connectivity index (χ0n) is 18.8. The number of fused-ring (bicyclic) bond motifs is 1. The van der Waals surface area contributed by atoms with Crippen LogP contribution in [0.4, 0.5) is 0 Å². The third kappa shape index (κ3) is 4.01. The molecule has 0 atom stereocenters. The molecule has 1 fully saturated rings. The summed E-state index contributed by atoms with van der Waals surface area (Å²) in [6, 6.07) is 21.5. The van der Waals surface area contributed by atoms with Gasteiger partial charge in [0.1, 0.15) is 5.69 Å². The highest BCUT2D eigenvalue weighted by molar-refractivity contribution is 5.77. The molecule has 1 heterocycles. The van der Waals surface area contributed by atoms with Crippen molar-refractivity contribution in [2.75, 3.05) is 27.2 Å². The van der Waals surface area contributed by atoms with Gasteiger partial charge in [-0.25, -0.2) is 0 Å². The molecule has 164 valence electrons. The Balaban J connectivity index is 1.48. The van der Waals surface area contributed by atoms with Gasteiger partial charge >= 0.3 is 0 Å². The van der Waals surface area contributed by atoms with Gasteiger partial charge in [-0.1, -0.05) is 72.8 Å². The highest BCUT2D eigenvalue weighted by Gasteiger charge is 2.37. The first-order chi connectivity index (χ1) is 15.7. The number of benzene rings is 2. The first-order valence-corrected chi connectivity index (χ1v) is 11.3. The maximum absolute atomic E-state index is 5.77. The molecule has 0 aliphatic heterocycles. The van der Waals surface area contributed by atoms with Gasteiger partial charge < -0.3 is 4.90 Å². The van der Waals surface area contributed by atoms with Gasteiger partial charge in [-0.3, -0.25) is 15.4 Å². The molecule has 0 bridgehead atoms. The summed E-state index contributed by atoms with van der Waals surface area (Å²) >= 11 is 0. The number of likely N-dealkylation sites (N-methyl/N-ethyl adjacent to an activating group) is 1. The molecule has 0 amide bonds. The summed E-state index contributed by atoms with van der Waals surface area (Å²) in [7, 11) is 4.09. The SMILES string of the molecule is CN(C)CCONC(=C1CC1)c1n[nH]c2c1C=CC(c1ccccc1)(c1ccccc1)C2. The van der Waals surface area contributed by atoms with Crippen LogP contribution in [0.3, 0.4) is 0 Å². The molecule has 2 aliphatic carbocycles. The summed E-state index contributed by atoms with van der Waals surface area (Å²) in [4.78, 5) is 7.88. The standard InChI is InChI=1S/C27H30N4O/c1-31(2)17-18-32-30-25(20-13-14-20)26-23-15-16-27(19-24(23)28-29-26,21-9-5-3-6-10-21)22-11-7-4-8-12-22/h3-12,15-16,30H,13-14,17-19H2,1-2H3,(H,28,29). The van der Waals surface area contributed by atoms with E-state index in [4.69, 9.17) is 9.94 Å². The van der Waals surface area contributed by atoms with Crippen molar-refractivity contribution in [3.63, 3.8) is 0 Å². The number of hydrogen-bond donors (Lipinski definition) is 2. The largest absolute Gasteiger partial charge is 0.307 e. The summed E-state index contributed by atoms with van der Waals surface area (Å²) < 4.78 is 0. The topological polar surface area (TPSA) is 53.2 Å². The van der Waals surface area contributed by atoms with Gasteiger partial charge in [-0.2, -0.15) is 5.10 Å². The predicted octanol–water partition coefficient (Wildman–Crippen LogP) is 4.55. The van der Waals surface area contributed by atoms with Crippen LogP contribution in [0.5, 0.6) is 0 Å². The number of allylic oxidation sites excluding steroid dienone is 2. The number of aromatic amines is 1. The summed E-state index contributed by atoms with van der Waals surface area (Å²) in [5.74, 6) is 0. The smallest absolute Gasteiger partial charge is 0.118 e. The molecule has 2 aromatic carbocycles. The quantitative estimate of drug-likeness (QED) is 0.410. The van der Waals surface area contributed by atoms with Crippen molar-refractivity contribution < 1.29 is 4.84 Å². The monoisotopic (exact) mass is 426 g/mol. The third-order valence-electron chi connectivity index (χ3n) is 6.36. The van der Waals surface area contributed by atoms with Crippen LogP contribution in [0.2, 0.25) is 0 Å². The number of rotatable bonds is 8. The number of hydroxylamine groups is 1. The molecule has 32 heavy (non-hydrogen) atoms. The minimum atomic E-state index is -0.220. The van der Waals surface area contributed by atoms with Gasteiger partial charge in [-0.15, -0.1) is 0 Å². The fourth-order valence-electron chi connectivity index (χ4n) is 4.44. The maximum atomic E-state index is 5.77. The van der Waals surface area contributed by atoms with Crippen LogP contribution in [-0.4, -0.2) is 42.3 Å². The number of H-pyrrole nitrogens is 1. The Morgan fingerprint density at radius 3 is 2.28 bits per heavy atom. The molecule has 0 spiro atoms. The van der Waals surface area contributed by atoms with E-state index in [2.05, 4.69) is 88.3 Å². The van der Waals surface area contributed by atoms with Crippen LogP contribution in [0.15, 0.2) is 72.3 Å². The molecule has 0 radical (unpaired) electrons. The van der Waals surface area contributed by atoms with E-state index < -0.39 is 0 Å². The second-order valence-corrected chi connectivity index (χ2v) is 8.91. The lowest BCUT2D eigenvalue weighted by Gasteiger charge is -2.34. The van der Waals surface area contributed by atoms with E-state index in [-0.39, 0.29) is 5.41 Å². The van der Waals surface area contributed by atoms with E-state index in [1.807, 2.05) is 14.1 Å². The summed E-state index contributed by atoms with van der Waals surface area (Å²) in [5.41, 5.74) is 11.2. The lowest BCUT2D eigenvalue weighted by molar-refractivity contribution is 0.0664. The van der Waals surface area contributed by atoms with Crippen molar-refractivity contribution in [3.05, 3.63) is 100 Å². The number of nitrogens with one attached hydrogen (secondary N) is 2. The lowest BCUT2D eigenvalue weighted by Crippen LogP contribution is -2.30.